The first-order valence-corrected chi connectivity index (χ1v) is 8.87. The summed E-state index contributed by atoms with van der Waals surface area (Å²) in [6, 6.07) is 8.89. The molecule has 1 saturated heterocycles. The molecular weight excluding hydrogens is 288 g/mol. The van der Waals surface area contributed by atoms with Gasteiger partial charge in [-0.3, -0.25) is 4.79 Å². The number of nitrogens with one attached hydrogen (secondary N) is 2. The van der Waals surface area contributed by atoms with Crippen LogP contribution in [0.15, 0.2) is 24.3 Å². The summed E-state index contributed by atoms with van der Waals surface area (Å²) in [6.45, 7) is 1.77. The Labute approximate surface area is 139 Å². The van der Waals surface area contributed by atoms with Gasteiger partial charge in [0.05, 0.1) is 7.11 Å². The van der Waals surface area contributed by atoms with Gasteiger partial charge in [0, 0.05) is 36.5 Å². The molecule has 4 heteroatoms. The normalized spacial score (nSPS) is 24.0. The van der Waals surface area contributed by atoms with Gasteiger partial charge in [-0.05, 0) is 31.7 Å². The summed E-state index contributed by atoms with van der Waals surface area (Å²) in [5.41, 5.74) is 1.52. The first kappa shape index (κ1) is 16.3. The van der Waals surface area contributed by atoms with Gasteiger partial charge in [-0.1, -0.05) is 31.0 Å². The lowest BCUT2D eigenvalue weighted by atomic mass is 9.78. The van der Waals surface area contributed by atoms with Gasteiger partial charge in [0.2, 0.25) is 5.91 Å². The Morgan fingerprint density at radius 2 is 2.04 bits per heavy atom. The Kier molecular flexibility index (Phi) is 5.21. The van der Waals surface area contributed by atoms with Crippen LogP contribution in [-0.2, 0) is 10.2 Å². The molecule has 4 nitrogen and oxygen atoms in total. The monoisotopic (exact) mass is 316 g/mol. The van der Waals surface area contributed by atoms with Crippen LogP contribution in [0.5, 0.6) is 5.75 Å². The van der Waals surface area contributed by atoms with E-state index in [1.54, 1.807) is 7.11 Å². The van der Waals surface area contributed by atoms with E-state index in [1.165, 1.54) is 31.2 Å². The minimum atomic E-state index is 0.177. The lowest BCUT2D eigenvalue weighted by molar-refractivity contribution is -0.120. The molecule has 0 spiro atoms. The Morgan fingerprint density at radius 1 is 1.26 bits per heavy atom. The number of amides is 1. The molecule has 2 fully saturated rings. The molecule has 126 valence electrons. The summed E-state index contributed by atoms with van der Waals surface area (Å²) in [6.07, 6.45) is 7.59. The smallest absolute Gasteiger partial charge is 0.220 e. The van der Waals surface area contributed by atoms with Gasteiger partial charge in [-0.15, -0.1) is 0 Å². The lowest BCUT2D eigenvalue weighted by Crippen LogP contribution is -2.41. The summed E-state index contributed by atoms with van der Waals surface area (Å²) in [5, 5.41) is 6.73. The number of hydrogen-bond donors (Lipinski definition) is 2. The molecular formula is C19H28N2O2. The minimum absolute atomic E-state index is 0.177. The fraction of sp³-hybridized carbons (Fsp3) is 0.632. The zero-order valence-corrected chi connectivity index (χ0v) is 14.1. The van der Waals surface area contributed by atoms with Crippen molar-refractivity contribution in [2.75, 3.05) is 20.2 Å². The number of rotatable bonds is 5. The van der Waals surface area contributed by atoms with Crippen molar-refractivity contribution in [3.63, 3.8) is 0 Å². The third-order valence-electron chi connectivity index (χ3n) is 5.50. The van der Waals surface area contributed by atoms with E-state index in [-0.39, 0.29) is 11.3 Å². The highest BCUT2D eigenvalue weighted by Gasteiger charge is 2.38. The summed E-state index contributed by atoms with van der Waals surface area (Å²) < 4.78 is 5.63. The van der Waals surface area contributed by atoms with Crippen molar-refractivity contribution in [2.45, 2.75) is 56.4 Å². The van der Waals surface area contributed by atoms with E-state index in [0.717, 1.165) is 31.7 Å². The minimum Gasteiger partial charge on any atom is -0.496 e. The Hall–Kier alpha value is -1.55. The van der Waals surface area contributed by atoms with Crippen molar-refractivity contribution >= 4 is 5.91 Å². The van der Waals surface area contributed by atoms with E-state index in [1.807, 2.05) is 6.07 Å². The topological polar surface area (TPSA) is 50.4 Å². The van der Waals surface area contributed by atoms with E-state index in [9.17, 15) is 4.79 Å². The van der Waals surface area contributed by atoms with Gasteiger partial charge in [-0.25, -0.2) is 0 Å². The van der Waals surface area contributed by atoms with Crippen molar-refractivity contribution in [2.24, 2.45) is 0 Å². The third kappa shape index (κ3) is 3.69. The van der Waals surface area contributed by atoms with Crippen LogP contribution in [0.2, 0.25) is 0 Å². The molecule has 1 aromatic rings. The van der Waals surface area contributed by atoms with Gasteiger partial charge in [0.25, 0.3) is 0 Å². The van der Waals surface area contributed by atoms with E-state index in [0.29, 0.717) is 12.5 Å². The number of carbonyl (C=O) groups excluding carboxylic acids is 1. The predicted octanol–water partition coefficient (Wildman–Crippen LogP) is 2.77. The molecule has 23 heavy (non-hydrogen) atoms. The molecule has 1 aliphatic heterocycles. The molecule has 0 aromatic heterocycles. The fourth-order valence-corrected chi connectivity index (χ4v) is 4.14. The second-order valence-corrected chi connectivity index (χ2v) is 6.94. The average molecular weight is 316 g/mol. The van der Waals surface area contributed by atoms with Crippen LogP contribution in [0.25, 0.3) is 0 Å². The fourth-order valence-electron chi connectivity index (χ4n) is 4.14. The van der Waals surface area contributed by atoms with E-state index >= 15 is 0 Å². The number of benzene rings is 1. The second kappa shape index (κ2) is 7.35. The lowest BCUT2D eigenvalue weighted by Gasteiger charge is -2.33. The highest BCUT2D eigenvalue weighted by Crippen LogP contribution is 2.44. The number of hydrogen-bond acceptors (Lipinski definition) is 3. The number of para-hydroxylation sites is 1. The van der Waals surface area contributed by atoms with Gasteiger partial charge < -0.3 is 15.4 Å². The van der Waals surface area contributed by atoms with Crippen LogP contribution in [0.3, 0.4) is 0 Å². The highest BCUT2D eigenvalue weighted by molar-refractivity contribution is 5.76. The summed E-state index contributed by atoms with van der Waals surface area (Å²) in [4.78, 5) is 11.5. The second-order valence-electron chi connectivity index (χ2n) is 6.94. The van der Waals surface area contributed by atoms with Crippen LogP contribution in [0.4, 0.5) is 0 Å². The van der Waals surface area contributed by atoms with Crippen molar-refractivity contribution in [1.82, 2.24) is 10.6 Å². The summed E-state index contributed by atoms with van der Waals surface area (Å²) in [5.74, 6) is 1.20. The van der Waals surface area contributed by atoms with E-state index in [2.05, 4.69) is 28.8 Å². The number of carbonyl (C=O) groups is 1. The van der Waals surface area contributed by atoms with E-state index < -0.39 is 0 Å². The molecule has 1 aliphatic carbocycles. The zero-order chi connectivity index (χ0) is 16.1. The largest absolute Gasteiger partial charge is 0.496 e. The molecule has 1 amide bonds. The SMILES string of the molecule is COc1ccccc1C1(CN[C@@H]2CCNC(=O)CC2)CCCC1. The molecule has 0 unspecified atom stereocenters. The first-order chi connectivity index (χ1) is 11.2. The van der Waals surface area contributed by atoms with Crippen molar-refractivity contribution in [3.8, 4) is 5.75 Å². The van der Waals surface area contributed by atoms with Crippen LogP contribution in [0.1, 0.15) is 50.5 Å². The molecule has 0 radical (unpaired) electrons. The highest BCUT2D eigenvalue weighted by atomic mass is 16.5. The molecule has 1 atom stereocenters. The number of methoxy groups -OCH3 is 1. The zero-order valence-electron chi connectivity index (χ0n) is 14.1. The van der Waals surface area contributed by atoms with Gasteiger partial charge in [-0.2, -0.15) is 0 Å². The predicted molar refractivity (Wildman–Crippen MR) is 91.8 cm³/mol. The maximum absolute atomic E-state index is 11.5. The number of ether oxygens (including phenoxy) is 1. The molecule has 3 rings (SSSR count). The quantitative estimate of drug-likeness (QED) is 0.878. The van der Waals surface area contributed by atoms with Crippen LogP contribution in [0, 0.1) is 0 Å². The van der Waals surface area contributed by atoms with Gasteiger partial charge in [0.1, 0.15) is 5.75 Å². The third-order valence-corrected chi connectivity index (χ3v) is 5.50. The van der Waals surface area contributed by atoms with Crippen LogP contribution >= 0.6 is 0 Å². The van der Waals surface area contributed by atoms with Gasteiger partial charge in [0.15, 0.2) is 0 Å². The van der Waals surface area contributed by atoms with E-state index in [4.69, 9.17) is 4.74 Å². The molecule has 1 heterocycles. The van der Waals surface area contributed by atoms with Crippen molar-refractivity contribution < 1.29 is 9.53 Å². The Bertz CT molecular complexity index is 538. The molecule has 0 bridgehead atoms. The van der Waals surface area contributed by atoms with Crippen molar-refractivity contribution in [3.05, 3.63) is 29.8 Å². The molecule has 1 aromatic carbocycles. The molecule has 2 N–H and O–H groups in total. The average Bonchev–Trinajstić information content (AvgIpc) is 2.97. The first-order valence-electron chi connectivity index (χ1n) is 8.87. The van der Waals surface area contributed by atoms with Crippen LogP contribution in [-0.4, -0.2) is 32.1 Å². The standard InChI is InChI=1S/C19H28N2O2/c1-23-17-7-3-2-6-16(17)19(11-4-5-12-19)14-21-15-8-9-18(22)20-13-10-15/h2-3,6-7,15,21H,4-5,8-14H2,1H3,(H,20,22)/t15-/m0/s1. The molecule has 1 saturated carbocycles. The maximum Gasteiger partial charge on any atom is 0.220 e. The maximum atomic E-state index is 11.5. The molecule has 2 aliphatic rings. The van der Waals surface area contributed by atoms with Crippen molar-refractivity contribution in [1.29, 1.82) is 0 Å². The summed E-state index contributed by atoms with van der Waals surface area (Å²) in [7, 11) is 1.76. The Balaban J connectivity index is 1.72. The Morgan fingerprint density at radius 3 is 2.83 bits per heavy atom. The van der Waals surface area contributed by atoms with Crippen LogP contribution < -0.4 is 15.4 Å². The van der Waals surface area contributed by atoms with Gasteiger partial charge >= 0.3 is 0 Å². The summed E-state index contributed by atoms with van der Waals surface area (Å²) >= 11 is 0.